The van der Waals surface area contributed by atoms with Crippen LogP contribution in [0.5, 0.6) is 0 Å². The first kappa shape index (κ1) is 12.5. The van der Waals surface area contributed by atoms with Gasteiger partial charge in [-0.3, -0.25) is 0 Å². The zero-order chi connectivity index (χ0) is 12.0. The van der Waals surface area contributed by atoms with E-state index in [4.69, 9.17) is 11.5 Å². The number of piperazine rings is 1. The zero-order valence-electron chi connectivity index (χ0n) is 9.90. The Hall–Kier alpha value is -1.56. The lowest BCUT2D eigenvalue weighted by molar-refractivity contribution is 0.585. The van der Waals surface area contributed by atoms with Gasteiger partial charge in [0.15, 0.2) is 0 Å². The molecule has 6 heteroatoms. The Morgan fingerprint density at radius 3 is 2.38 bits per heavy atom. The first-order chi connectivity index (χ1) is 7.75. The van der Waals surface area contributed by atoms with E-state index in [1.165, 1.54) is 0 Å². The van der Waals surface area contributed by atoms with Gasteiger partial charge in [0.25, 0.3) is 0 Å². The Morgan fingerprint density at radius 1 is 1.19 bits per heavy atom. The molecule has 2 rings (SSSR count). The number of anilines is 3. The molecule has 1 aliphatic heterocycles. The Morgan fingerprint density at radius 2 is 1.81 bits per heavy atom. The molecule has 0 aromatic carbocycles. The number of hydrogen-bond donors (Lipinski definition) is 3. The van der Waals surface area contributed by atoms with E-state index >= 15 is 0 Å². The molecule has 0 amide bonds. The molecule has 5 N–H and O–H groups in total. The second-order valence-electron chi connectivity index (χ2n) is 3.25. The largest absolute Gasteiger partial charge is 0.383 e. The van der Waals surface area contributed by atoms with Gasteiger partial charge < -0.3 is 21.7 Å². The zero-order valence-corrected chi connectivity index (χ0v) is 9.90. The van der Waals surface area contributed by atoms with Crippen LogP contribution in [0.25, 0.3) is 0 Å². The van der Waals surface area contributed by atoms with Crippen molar-refractivity contribution in [3.05, 3.63) is 6.07 Å². The summed E-state index contributed by atoms with van der Waals surface area (Å²) in [6.45, 7) is 7.78. The fraction of sp³-hybridized carbons (Fsp3) is 0.600. The van der Waals surface area contributed by atoms with Gasteiger partial charge in [0.1, 0.15) is 11.6 Å². The molecule has 2 heterocycles. The Kier molecular flexibility index (Phi) is 4.78. The SMILES string of the molecule is CC.Nc1cc(N2CCNCC2)nc(N)n1. The van der Waals surface area contributed by atoms with Gasteiger partial charge in [-0.15, -0.1) is 0 Å². The first-order valence-corrected chi connectivity index (χ1v) is 5.61. The van der Waals surface area contributed by atoms with Gasteiger partial charge in [-0.2, -0.15) is 9.97 Å². The van der Waals surface area contributed by atoms with Gasteiger partial charge in [-0.25, -0.2) is 0 Å². The van der Waals surface area contributed by atoms with Gasteiger partial charge >= 0.3 is 0 Å². The smallest absolute Gasteiger partial charge is 0.223 e. The molecule has 0 bridgehead atoms. The van der Waals surface area contributed by atoms with Crippen LogP contribution in [-0.2, 0) is 0 Å². The van der Waals surface area contributed by atoms with E-state index in [9.17, 15) is 0 Å². The lowest BCUT2D eigenvalue weighted by Crippen LogP contribution is -2.44. The van der Waals surface area contributed by atoms with Crippen molar-refractivity contribution < 1.29 is 0 Å². The third kappa shape index (κ3) is 3.23. The molecule has 1 fully saturated rings. The second kappa shape index (κ2) is 6.12. The summed E-state index contributed by atoms with van der Waals surface area (Å²) in [7, 11) is 0. The quantitative estimate of drug-likeness (QED) is 0.625. The summed E-state index contributed by atoms with van der Waals surface area (Å²) in [5, 5.41) is 3.27. The summed E-state index contributed by atoms with van der Waals surface area (Å²) in [4.78, 5) is 10.1. The normalized spacial score (nSPS) is 15.2. The molecule has 0 radical (unpaired) electrons. The average molecular weight is 224 g/mol. The van der Waals surface area contributed by atoms with Crippen molar-refractivity contribution in [2.24, 2.45) is 0 Å². The number of nitrogens with zero attached hydrogens (tertiary/aromatic N) is 3. The maximum Gasteiger partial charge on any atom is 0.223 e. The van der Waals surface area contributed by atoms with Gasteiger partial charge in [0.05, 0.1) is 0 Å². The molecule has 1 aromatic rings. The summed E-state index contributed by atoms with van der Waals surface area (Å²) in [5.41, 5.74) is 11.1. The Balaban J connectivity index is 0.000000606. The van der Waals surface area contributed by atoms with E-state index < -0.39 is 0 Å². The molecule has 1 aromatic heterocycles. The molecule has 90 valence electrons. The van der Waals surface area contributed by atoms with E-state index in [2.05, 4.69) is 20.2 Å². The molecule has 0 atom stereocenters. The highest BCUT2D eigenvalue weighted by Gasteiger charge is 2.12. The highest BCUT2D eigenvalue weighted by molar-refractivity contribution is 5.50. The molecule has 1 saturated heterocycles. The number of nitrogens with one attached hydrogen (secondary N) is 1. The number of rotatable bonds is 1. The van der Waals surface area contributed by atoms with Crippen molar-refractivity contribution in [3.63, 3.8) is 0 Å². The van der Waals surface area contributed by atoms with Gasteiger partial charge in [0, 0.05) is 32.2 Å². The van der Waals surface area contributed by atoms with Crippen molar-refractivity contribution in [2.75, 3.05) is 42.5 Å². The standard InChI is InChI=1S/C8H14N6.C2H6/c9-6-5-7(13-8(10)12-6)14-3-1-11-2-4-14;1-2/h5,11H,1-4H2,(H4,9,10,12,13);1-2H3. The van der Waals surface area contributed by atoms with Crippen LogP contribution in [0.3, 0.4) is 0 Å². The van der Waals surface area contributed by atoms with Crippen LogP contribution in [0.2, 0.25) is 0 Å². The van der Waals surface area contributed by atoms with Crippen LogP contribution >= 0.6 is 0 Å². The highest BCUT2D eigenvalue weighted by atomic mass is 15.2. The topological polar surface area (TPSA) is 93.1 Å². The number of hydrogen-bond acceptors (Lipinski definition) is 6. The molecule has 0 spiro atoms. The number of aromatic nitrogens is 2. The van der Waals surface area contributed by atoms with E-state index in [1.54, 1.807) is 6.07 Å². The van der Waals surface area contributed by atoms with Crippen molar-refractivity contribution in [1.82, 2.24) is 15.3 Å². The Bertz CT molecular complexity index is 301. The number of nitrogen functional groups attached to an aromatic ring is 2. The molecular formula is C10H20N6. The fourth-order valence-electron chi connectivity index (χ4n) is 1.53. The van der Waals surface area contributed by atoms with Crippen LogP contribution in [-0.4, -0.2) is 36.1 Å². The maximum atomic E-state index is 5.59. The fourth-order valence-corrected chi connectivity index (χ4v) is 1.53. The van der Waals surface area contributed by atoms with Crippen LogP contribution in [0.1, 0.15) is 13.8 Å². The van der Waals surface area contributed by atoms with Crippen LogP contribution in [0.4, 0.5) is 17.6 Å². The van der Waals surface area contributed by atoms with E-state index in [0.717, 1.165) is 32.0 Å². The maximum absolute atomic E-state index is 5.59. The molecule has 1 aliphatic rings. The minimum absolute atomic E-state index is 0.235. The lowest BCUT2D eigenvalue weighted by Gasteiger charge is -2.28. The third-order valence-electron chi connectivity index (χ3n) is 2.19. The van der Waals surface area contributed by atoms with E-state index in [1.807, 2.05) is 13.8 Å². The van der Waals surface area contributed by atoms with Crippen LogP contribution in [0.15, 0.2) is 6.07 Å². The predicted molar refractivity (Wildman–Crippen MR) is 67.3 cm³/mol. The van der Waals surface area contributed by atoms with Gasteiger partial charge in [-0.1, -0.05) is 13.8 Å². The van der Waals surface area contributed by atoms with Gasteiger partial charge in [-0.05, 0) is 0 Å². The second-order valence-corrected chi connectivity index (χ2v) is 3.25. The van der Waals surface area contributed by atoms with Crippen LogP contribution in [0, 0.1) is 0 Å². The monoisotopic (exact) mass is 224 g/mol. The van der Waals surface area contributed by atoms with Crippen molar-refractivity contribution in [1.29, 1.82) is 0 Å². The minimum atomic E-state index is 0.235. The predicted octanol–water partition coefficient (Wildman–Crippen LogP) is 0.0768. The van der Waals surface area contributed by atoms with Crippen LogP contribution < -0.4 is 21.7 Å². The average Bonchev–Trinajstić information content (AvgIpc) is 2.32. The van der Waals surface area contributed by atoms with Crippen molar-refractivity contribution in [3.8, 4) is 0 Å². The first-order valence-electron chi connectivity index (χ1n) is 5.61. The molecule has 0 saturated carbocycles. The summed E-state index contributed by atoms with van der Waals surface area (Å²) in [5.74, 6) is 1.47. The van der Waals surface area contributed by atoms with Crippen molar-refractivity contribution in [2.45, 2.75) is 13.8 Å². The summed E-state index contributed by atoms with van der Waals surface area (Å²) < 4.78 is 0. The minimum Gasteiger partial charge on any atom is -0.383 e. The molecule has 6 nitrogen and oxygen atoms in total. The van der Waals surface area contributed by atoms with E-state index in [-0.39, 0.29) is 5.95 Å². The van der Waals surface area contributed by atoms with E-state index in [0.29, 0.717) is 5.82 Å². The molecule has 16 heavy (non-hydrogen) atoms. The highest BCUT2D eigenvalue weighted by Crippen LogP contribution is 2.14. The molecule has 0 aliphatic carbocycles. The molecule has 0 unspecified atom stereocenters. The van der Waals surface area contributed by atoms with Crippen molar-refractivity contribution >= 4 is 17.6 Å². The lowest BCUT2D eigenvalue weighted by atomic mass is 10.3. The number of nitrogens with two attached hydrogens (primary N) is 2. The summed E-state index contributed by atoms with van der Waals surface area (Å²) in [6, 6.07) is 1.75. The third-order valence-corrected chi connectivity index (χ3v) is 2.19. The Labute approximate surface area is 96.0 Å². The summed E-state index contributed by atoms with van der Waals surface area (Å²) in [6.07, 6.45) is 0. The van der Waals surface area contributed by atoms with Gasteiger partial charge in [0.2, 0.25) is 5.95 Å². The summed E-state index contributed by atoms with van der Waals surface area (Å²) >= 11 is 0. The molecular weight excluding hydrogens is 204 g/mol.